The zero-order valence-electron chi connectivity index (χ0n) is 13.6. The number of rotatable bonds is 3. The molecule has 0 atom stereocenters. The Hall–Kier alpha value is -2.93. The lowest BCUT2D eigenvalue weighted by atomic mass is 10.1. The molecule has 1 N–H and O–H groups in total. The summed E-state index contributed by atoms with van der Waals surface area (Å²) >= 11 is 1.25. The molecule has 1 heterocycles. The van der Waals surface area contributed by atoms with Gasteiger partial charge >= 0.3 is 0 Å². The predicted octanol–water partition coefficient (Wildman–Crippen LogP) is 4.10. The Morgan fingerprint density at radius 1 is 1.16 bits per heavy atom. The summed E-state index contributed by atoms with van der Waals surface area (Å²) in [6.45, 7) is 4.00. The summed E-state index contributed by atoms with van der Waals surface area (Å²) in [5.41, 5.74) is 3.76. The lowest BCUT2D eigenvalue weighted by molar-refractivity contribution is -0.384. The van der Waals surface area contributed by atoms with Crippen LogP contribution in [0.5, 0.6) is 0 Å². The first-order valence-electron chi connectivity index (χ1n) is 7.54. The molecular formula is C18H15N3O3S. The first kappa shape index (κ1) is 16.9. The standard InChI is InChI=1S/C18H15N3O3S/c1-11-4-3-5-15(12(11)2)19-18-20-17(22)16(25-18)10-13-6-8-14(9-7-13)21(23)24/h3-10H,1-2H3,(H,19,20,22)/b16-10-. The van der Waals surface area contributed by atoms with Crippen molar-refractivity contribution >= 4 is 40.3 Å². The molecule has 1 aliphatic heterocycles. The maximum absolute atomic E-state index is 12.1. The van der Waals surface area contributed by atoms with Crippen molar-refractivity contribution in [2.45, 2.75) is 13.8 Å². The fourth-order valence-corrected chi connectivity index (χ4v) is 3.13. The molecule has 0 bridgehead atoms. The van der Waals surface area contributed by atoms with Crippen molar-refractivity contribution in [3.05, 3.63) is 74.2 Å². The number of aliphatic imine (C=N–C) groups is 1. The van der Waals surface area contributed by atoms with Gasteiger partial charge in [-0.15, -0.1) is 0 Å². The number of carbonyl (C=O) groups excluding carboxylic acids is 1. The van der Waals surface area contributed by atoms with Crippen LogP contribution in [0.15, 0.2) is 52.4 Å². The highest BCUT2D eigenvalue weighted by molar-refractivity contribution is 8.18. The number of amidine groups is 1. The maximum Gasteiger partial charge on any atom is 0.269 e. The molecule has 2 aromatic rings. The van der Waals surface area contributed by atoms with Crippen molar-refractivity contribution < 1.29 is 9.72 Å². The van der Waals surface area contributed by atoms with E-state index in [0.717, 1.165) is 22.4 Å². The number of carbonyl (C=O) groups is 1. The number of hydrogen-bond donors (Lipinski definition) is 1. The third-order valence-electron chi connectivity index (χ3n) is 3.85. The van der Waals surface area contributed by atoms with Gasteiger partial charge in [0.1, 0.15) is 0 Å². The summed E-state index contributed by atoms with van der Waals surface area (Å²) in [5, 5.41) is 13.9. The number of benzene rings is 2. The van der Waals surface area contributed by atoms with Crippen LogP contribution in [0.4, 0.5) is 11.4 Å². The second-order valence-corrected chi connectivity index (χ2v) is 6.58. The van der Waals surface area contributed by atoms with Gasteiger partial charge in [-0.2, -0.15) is 0 Å². The molecule has 0 aliphatic carbocycles. The van der Waals surface area contributed by atoms with E-state index in [2.05, 4.69) is 10.3 Å². The van der Waals surface area contributed by atoms with E-state index < -0.39 is 4.92 Å². The summed E-state index contributed by atoms with van der Waals surface area (Å²) in [6, 6.07) is 11.9. The summed E-state index contributed by atoms with van der Waals surface area (Å²) in [7, 11) is 0. The number of nitro benzene ring substituents is 1. The molecule has 1 amide bonds. The summed E-state index contributed by atoms with van der Waals surface area (Å²) in [5.74, 6) is -0.229. The third kappa shape index (κ3) is 3.77. The Labute approximate surface area is 148 Å². The monoisotopic (exact) mass is 353 g/mol. The van der Waals surface area contributed by atoms with Crippen LogP contribution in [0.25, 0.3) is 6.08 Å². The third-order valence-corrected chi connectivity index (χ3v) is 4.76. The summed E-state index contributed by atoms with van der Waals surface area (Å²) in [4.78, 5) is 27.4. The quantitative estimate of drug-likeness (QED) is 0.511. The van der Waals surface area contributed by atoms with Gasteiger partial charge in [0.15, 0.2) is 5.17 Å². The molecule has 2 aromatic carbocycles. The van der Waals surface area contributed by atoms with Gasteiger partial charge < -0.3 is 5.32 Å². The minimum absolute atomic E-state index is 0.0165. The van der Waals surface area contributed by atoms with Crippen molar-refractivity contribution in [3.8, 4) is 0 Å². The van der Waals surface area contributed by atoms with Gasteiger partial charge in [0, 0.05) is 12.1 Å². The van der Waals surface area contributed by atoms with Crippen molar-refractivity contribution in [1.29, 1.82) is 0 Å². The Morgan fingerprint density at radius 3 is 2.56 bits per heavy atom. The van der Waals surface area contributed by atoms with Crippen molar-refractivity contribution in [2.24, 2.45) is 4.99 Å². The minimum Gasteiger partial charge on any atom is -0.300 e. The maximum atomic E-state index is 12.1. The van der Waals surface area contributed by atoms with Crippen LogP contribution in [-0.2, 0) is 4.79 Å². The molecule has 0 spiro atoms. The zero-order chi connectivity index (χ0) is 18.0. The molecule has 25 heavy (non-hydrogen) atoms. The molecule has 7 heteroatoms. The van der Waals surface area contributed by atoms with E-state index >= 15 is 0 Å². The Bertz CT molecular complexity index is 918. The fraction of sp³-hybridized carbons (Fsp3) is 0.111. The first-order chi connectivity index (χ1) is 11.9. The van der Waals surface area contributed by atoms with Crippen LogP contribution < -0.4 is 5.32 Å². The Balaban J connectivity index is 1.83. The van der Waals surface area contributed by atoms with E-state index in [4.69, 9.17) is 0 Å². The number of aryl methyl sites for hydroxylation is 1. The molecule has 1 fully saturated rings. The fourth-order valence-electron chi connectivity index (χ4n) is 2.29. The summed E-state index contributed by atoms with van der Waals surface area (Å²) < 4.78 is 0. The van der Waals surface area contributed by atoms with E-state index in [0.29, 0.717) is 10.1 Å². The minimum atomic E-state index is -0.455. The van der Waals surface area contributed by atoms with E-state index in [1.807, 2.05) is 32.0 Å². The van der Waals surface area contributed by atoms with Gasteiger partial charge in [-0.05, 0) is 66.6 Å². The van der Waals surface area contributed by atoms with Crippen LogP contribution >= 0.6 is 11.8 Å². The summed E-state index contributed by atoms with van der Waals surface area (Å²) in [6.07, 6.45) is 1.69. The molecule has 6 nitrogen and oxygen atoms in total. The largest absolute Gasteiger partial charge is 0.300 e. The van der Waals surface area contributed by atoms with Gasteiger partial charge in [0.2, 0.25) is 0 Å². The number of nitrogens with one attached hydrogen (secondary N) is 1. The van der Waals surface area contributed by atoms with Gasteiger partial charge in [-0.3, -0.25) is 14.9 Å². The smallest absolute Gasteiger partial charge is 0.269 e. The van der Waals surface area contributed by atoms with Crippen LogP contribution in [0.2, 0.25) is 0 Å². The number of amides is 1. The second-order valence-electron chi connectivity index (χ2n) is 5.55. The highest BCUT2D eigenvalue weighted by Crippen LogP contribution is 2.30. The van der Waals surface area contributed by atoms with Crippen LogP contribution in [0.1, 0.15) is 16.7 Å². The Kier molecular flexibility index (Phi) is 4.67. The van der Waals surface area contributed by atoms with E-state index in [1.54, 1.807) is 18.2 Å². The van der Waals surface area contributed by atoms with E-state index in [-0.39, 0.29) is 11.6 Å². The zero-order valence-corrected chi connectivity index (χ0v) is 14.5. The molecule has 3 rings (SSSR count). The lowest BCUT2D eigenvalue weighted by Gasteiger charge is -2.04. The lowest BCUT2D eigenvalue weighted by Crippen LogP contribution is -2.19. The number of thioether (sulfide) groups is 1. The SMILES string of the molecule is Cc1cccc(N=C2NC(=O)/C(=C/c3ccc([N+](=O)[O-])cc3)S2)c1C. The van der Waals surface area contributed by atoms with Crippen LogP contribution in [-0.4, -0.2) is 16.0 Å². The normalized spacial score (nSPS) is 17.1. The van der Waals surface area contributed by atoms with E-state index in [1.165, 1.54) is 23.9 Å². The number of non-ortho nitro benzene ring substituents is 1. The molecular weight excluding hydrogens is 338 g/mol. The number of nitro groups is 1. The molecule has 1 saturated heterocycles. The number of hydrogen-bond acceptors (Lipinski definition) is 5. The van der Waals surface area contributed by atoms with Gasteiger partial charge in [0.25, 0.3) is 11.6 Å². The van der Waals surface area contributed by atoms with Crippen LogP contribution in [0, 0.1) is 24.0 Å². The van der Waals surface area contributed by atoms with Crippen molar-refractivity contribution in [2.75, 3.05) is 0 Å². The van der Waals surface area contributed by atoms with Crippen molar-refractivity contribution in [3.63, 3.8) is 0 Å². The molecule has 0 aromatic heterocycles. The molecule has 0 unspecified atom stereocenters. The first-order valence-corrected chi connectivity index (χ1v) is 8.36. The average molecular weight is 353 g/mol. The molecule has 126 valence electrons. The highest BCUT2D eigenvalue weighted by atomic mass is 32.2. The van der Waals surface area contributed by atoms with Gasteiger partial charge in [-0.1, -0.05) is 12.1 Å². The predicted molar refractivity (Wildman–Crippen MR) is 99.8 cm³/mol. The molecule has 1 aliphatic rings. The van der Waals surface area contributed by atoms with E-state index in [9.17, 15) is 14.9 Å². The number of nitrogens with zero attached hydrogens (tertiary/aromatic N) is 2. The molecule has 0 saturated carbocycles. The molecule has 0 radical (unpaired) electrons. The topological polar surface area (TPSA) is 84.6 Å². The van der Waals surface area contributed by atoms with Gasteiger partial charge in [-0.25, -0.2) is 4.99 Å². The highest BCUT2D eigenvalue weighted by Gasteiger charge is 2.24. The van der Waals surface area contributed by atoms with Crippen molar-refractivity contribution in [1.82, 2.24) is 5.32 Å². The second kappa shape index (κ2) is 6.90. The van der Waals surface area contributed by atoms with Crippen LogP contribution in [0.3, 0.4) is 0 Å². The van der Waals surface area contributed by atoms with Gasteiger partial charge in [0.05, 0.1) is 15.5 Å². The average Bonchev–Trinajstić information content (AvgIpc) is 2.92. The Morgan fingerprint density at radius 2 is 1.88 bits per heavy atom.